The van der Waals surface area contributed by atoms with Gasteiger partial charge in [0.25, 0.3) is 11.8 Å². The topological polar surface area (TPSA) is 172 Å². The van der Waals surface area contributed by atoms with Crippen LogP contribution in [0.1, 0.15) is 62.5 Å². The number of benzene rings is 2. The number of esters is 1. The zero-order valence-electron chi connectivity index (χ0n) is 24.5. The number of primary amides is 1. The van der Waals surface area contributed by atoms with Crippen LogP contribution in [0.3, 0.4) is 0 Å². The standard InChI is InChI=1S/C31H34ClFN4O7/c1-30(2,3)44-27(40)18(4-7-26(34)39)14-25(38)24-13-19-12-22(5-6-23(19)36-24)37-9-8-31(43,29(37)42)28(41)35-16-17-10-20(32)15-21(33)11-17/h5-6,10-13,15,18,36,43H,4,7-9,14,16H2,1-3H3,(H2,34,39)(H,35,41)/t18-,31+/m1/s1. The van der Waals surface area contributed by atoms with Crippen LogP contribution in [0, 0.1) is 11.7 Å². The molecule has 13 heteroatoms. The van der Waals surface area contributed by atoms with Crippen molar-refractivity contribution in [3.05, 3.63) is 64.6 Å². The summed E-state index contributed by atoms with van der Waals surface area (Å²) in [5, 5.41) is 14.2. The van der Waals surface area contributed by atoms with Gasteiger partial charge in [-0.25, -0.2) is 4.39 Å². The highest BCUT2D eigenvalue weighted by molar-refractivity contribution is 6.30. The van der Waals surface area contributed by atoms with E-state index in [4.69, 9.17) is 22.1 Å². The van der Waals surface area contributed by atoms with Crippen LogP contribution in [-0.4, -0.2) is 57.3 Å². The normalized spacial score (nSPS) is 17.5. The van der Waals surface area contributed by atoms with Gasteiger partial charge in [-0.05, 0) is 75.2 Å². The second kappa shape index (κ2) is 12.7. The number of ketones is 1. The van der Waals surface area contributed by atoms with E-state index in [2.05, 4.69) is 10.3 Å². The van der Waals surface area contributed by atoms with Gasteiger partial charge in [-0.1, -0.05) is 11.6 Å². The molecule has 2 heterocycles. The van der Waals surface area contributed by atoms with Crippen LogP contribution >= 0.6 is 11.6 Å². The highest BCUT2D eigenvalue weighted by Crippen LogP contribution is 2.32. The van der Waals surface area contributed by atoms with Gasteiger partial charge in [0.2, 0.25) is 11.5 Å². The van der Waals surface area contributed by atoms with Crippen LogP contribution < -0.4 is 16.0 Å². The summed E-state index contributed by atoms with van der Waals surface area (Å²) < 4.78 is 19.1. The van der Waals surface area contributed by atoms with E-state index in [1.54, 1.807) is 45.0 Å². The van der Waals surface area contributed by atoms with Crippen LogP contribution in [0.5, 0.6) is 0 Å². The number of hydrogen-bond acceptors (Lipinski definition) is 7. The Bertz CT molecular complexity index is 1610. The number of carbonyl (C=O) groups is 5. The van der Waals surface area contributed by atoms with Crippen LogP contribution in [0.4, 0.5) is 10.1 Å². The number of halogens is 2. The van der Waals surface area contributed by atoms with Crippen molar-refractivity contribution in [1.29, 1.82) is 0 Å². The number of rotatable bonds is 11. The van der Waals surface area contributed by atoms with Crippen LogP contribution in [0.15, 0.2) is 42.5 Å². The molecule has 0 unspecified atom stereocenters. The number of nitrogens with two attached hydrogens (primary N) is 1. The highest BCUT2D eigenvalue weighted by Gasteiger charge is 2.51. The lowest BCUT2D eigenvalue weighted by Crippen LogP contribution is -2.52. The van der Waals surface area contributed by atoms with Gasteiger partial charge >= 0.3 is 5.97 Å². The average molecular weight is 629 g/mol. The van der Waals surface area contributed by atoms with Gasteiger partial charge in [-0.3, -0.25) is 24.0 Å². The van der Waals surface area contributed by atoms with Gasteiger partial charge in [0.05, 0.1) is 11.6 Å². The molecule has 11 nitrogen and oxygen atoms in total. The first kappa shape index (κ1) is 32.6. The Morgan fingerprint density at radius 1 is 1.18 bits per heavy atom. The maximum atomic E-state index is 13.6. The van der Waals surface area contributed by atoms with Crippen molar-refractivity contribution >= 4 is 57.7 Å². The third-order valence-corrected chi connectivity index (χ3v) is 7.39. The van der Waals surface area contributed by atoms with Crippen molar-refractivity contribution < 1.29 is 38.2 Å². The van der Waals surface area contributed by atoms with Gasteiger partial charge < -0.3 is 30.8 Å². The number of hydrogen-bond donors (Lipinski definition) is 4. The maximum absolute atomic E-state index is 13.6. The Morgan fingerprint density at radius 2 is 1.91 bits per heavy atom. The third-order valence-electron chi connectivity index (χ3n) is 7.17. The minimum Gasteiger partial charge on any atom is -0.460 e. The van der Waals surface area contributed by atoms with E-state index in [-0.39, 0.29) is 55.3 Å². The number of aliphatic hydroxyl groups is 1. The second-order valence-electron chi connectivity index (χ2n) is 11.8. The number of nitrogens with zero attached hydrogens (tertiary/aromatic N) is 1. The van der Waals surface area contributed by atoms with Crippen molar-refractivity contribution in [2.75, 3.05) is 11.4 Å². The molecule has 1 aromatic heterocycles. The summed E-state index contributed by atoms with van der Waals surface area (Å²) in [5.74, 6) is -4.79. The number of amides is 3. The summed E-state index contributed by atoms with van der Waals surface area (Å²) in [5.41, 5.74) is 3.70. The number of anilines is 1. The van der Waals surface area contributed by atoms with E-state index < -0.39 is 46.6 Å². The smallest absolute Gasteiger partial charge is 0.309 e. The predicted molar refractivity (Wildman–Crippen MR) is 160 cm³/mol. The van der Waals surface area contributed by atoms with Crippen molar-refractivity contribution in [2.24, 2.45) is 11.7 Å². The van der Waals surface area contributed by atoms with Crippen molar-refractivity contribution in [2.45, 2.75) is 64.2 Å². The molecule has 234 valence electrons. The Kier molecular flexibility index (Phi) is 9.45. The summed E-state index contributed by atoms with van der Waals surface area (Å²) in [6.45, 7) is 5.02. The van der Waals surface area contributed by atoms with Crippen molar-refractivity contribution in [3.8, 4) is 0 Å². The minimum absolute atomic E-state index is 0.0493. The summed E-state index contributed by atoms with van der Waals surface area (Å²) in [6.07, 6.45) is -0.408. The number of carbonyl (C=O) groups excluding carboxylic acids is 5. The minimum atomic E-state index is -2.33. The molecule has 3 aromatic rings. The summed E-state index contributed by atoms with van der Waals surface area (Å²) in [6, 6.07) is 10.2. The first-order chi connectivity index (χ1) is 20.6. The third kappa shape index (κ3) is 7.61. The lowest BCUT2D eigenvalue weighted by Gasteiger charge is -2.23. The fourth-order valence-corrected chi connectivity index (χ4v) is 5.23. The van der Waals surface area contributed by atoms with Gasteiger partial charge in [-0.2, -0.15) is 0 Å². The molecule has 0 bridgehead atoms. The quantitative estimate of drug-likeness (QED) is 0.143. The number of ether oxygens (including phenoxy) is 1. The molecular formula is C31H34ClFN4O7. The Labute approximate surface area is 257 Å². The number of H-pyrrole nitrogens is 1. The number of aromatic nitrogens is 1. The van der Waals surface area contributed by atoms with E-state index in [1.807, 2.05) is 0 Å². The SMILES string of the molecule is CC(C)(C)OC(=O)[C@H](CCC(N)=O)CC(=O)c1cc2cc(N3CC[C@](O)(C(=O)NCc4cc(F)cc(Cl)c4)C3=O)ccc2[nH]1. The Balaban J connectivity index is 1.46. The number of fused-ring (bicyclic) bond motifs is 1. The zero-order chi connectivity index (χ0) is 32.4. The van der Waals surface area contributed by atoms with Gasteiger partial charge in [0, 0.05) is 54.0 Å². The fourth-order valence-electron chi connectivity index (χ4n) is 4.98. The first-order valence-corrected chi connectivity index (χ1v) is 14.4. The van der Waals surface area contributed by atoms with Gasteiger partial charge in [0.15, 0.2) is 5.78 Å². The van der Waals surface area contributed by atoms with Crippen LogP contribution in [-0.2, 0) is 30.5 Å². The van der Waals surface area contributed by atoms with Crippen LogP contribution in [0.2, 0.25) is 5.02 Å². The number of aromatic amines is 1. The monoisotopic (exact) mass is 628 g/mol. The number of nitrogens with one attached hydrogen (secondary N) is 2. The molecule has 3 amide bonds. The fraction of sp³-hybridized carbons (Fsp3) is 0.387. The van der Waals surface area contributed by atoms with E-state index in [1.165, 1.54) is 17.0 Å². The summed E-state index contributed by atoms with van der Waals surface area (Å²) in [4.78, 5) is 67.6. The largest absolute Gasteiger partial charge is 0.460 e. The predicted octanol–water partition coefficient (Wildman–Crippen LogP) is 3.54. The lowest BCUT2D eigenvalue weighted by atomic mass is 9.95. The molecule has 0 saturated carbocycles. The van der Waals surface area contributed by atoms with E-state index in [9.17, 15) is 33.5 Å². The molecule has 44 heavy (non-hydrogen) atoms. The van der Waals surface area contributed by atoms with Crippen molar-refractivity contribution in [3.63, 3.8) is 0 Å². The summed E-state index contributed by atoms with van der Waals surface area (Å²) in [7, 11) is 0. The van der Waals surface area contributed by atoms with Crippen molar-refractivity contribution in [1.82, 2.24) is 10.3 Å². The summed E-state index contributed by atoms with van der Waals surface area (Å²) >= 11 is 5.85. The molecule has 1 aliphatic rings. The maximum Gasteiger partial charge on any atom is 0.309 e. The highest BCUT2D eigenvalue weighted by atomic mass is 35.5. The van der Waals surface area contributed by atoms with E-state index in [0.29, 0.717) is 22.2 Å². The molecule has 4 rings (SSSR count). The van der Waals surface area contributed by atoms with E-state index in [0.717, 1.165) is 6.07 Å². The second-order valence-corrected chi connectivity index (χ2v) is 12.3. The van der Waals surface area contributed by atoms with Crippen LogP contribution in [0.25, 0.3) is 10.9 Å². The first-order valence-electron chi connectivity index (χ1n) is 14.0. The molecule has 2 aromatic carbocycles. The van der Waals surface area contributed by atoms with Gasteiger partial charge in [-0.15, -0.1) is 0 Å². The number of Topliss-reactive ketones (excluding diaryl/α,β-unsaturated/α-hetero) is 1. The molecule has 5 N–H and O–H groups in total. The van der Waals surface area contributed by atoms with Gasteiger partial charge in [0.1, 0.15) is 11.4 Å². The van der Waals surface area contributed by atoms with E-state index >= 15 is 0 Å². The zero-order valence-corrected chi connectivity index (χ0v) is 25.3. The average Bonchev–Trinajstić information content (AvgIpc) is 3.48. The molecular weight excluding hydrogens is 595 g/mol. The molecule has 1 fully saturated rings. The molecule has 0 radical (unpaired) electrons. The molecule has 0 aliphatic carbocycles. The molecule has 1 saturated heterocycles. The Hall–Kier alpha value is -4.29. The Morgan fingerprint density at radius 3 is 2.57 bits per heavy atom. The molecule has 1 aliphatic heterocycles. The molecule has 2 atom stereocenters. The lowest BCUT2D eigenvalue weighted by molar-refractivity contribution is -0.160. The molecule has 0 spiro atoms.